The van der Waals surface area contributed by atoms with Crippen LogP contribution in [0.2, 0.25) is 0 Å². The van der Waals surface area contributed by atoms with Crippen molar-refractivity contribution in [2.45, 2.75) is 50.7 Å². The van der Waals surface area contributed by atoms with Crippen LogP contribution < -0.4 is 5.32 Å². The van der Waals surface area contributed by atoms with Crippen LogP contribution in [0.15, 0.2) is 0 Å². The van der Waals surface area contributed by atoms with Crippen LogP contribution in [0.4, 0.5) is 0 Å². The van der Waals surface area contributed by atoms with Crippen LogP contribution in [0.1, 0.15) is 38.5 Å². The second-order valence-corrected chi connectivity index (χ2v) is 4.61. The molecular weight excluding hydrogens is 206 g/mol. The molecule has 0 aromatic heterocycles. The van der Waals surface area contributed by atoms with Crippen molar-refractivity contribution in [3.05, 3.63) is 0 Å². The third kappa shape index (κ3) is 3.76. The number of carbonyl (C=O) groups excluding carboxylic acids is 1. The molecule has 0 bridgehead atoms. The Hall–Kier alpha value is -0.610. The first-order chi connectivity index (χ1) is 7.84. The molecule has 2 fully saturated rings. The van der Waals surface area contributed by atoms with E-state index in [0.717, 1.165) is 45.3 Å². The molecule has 0 radical (unpaired) electrons. The molecule has 4 heteroatoms. The Bertz CT molecular complexity index is 198. The second-order valence-electron chi connectivity index (χ2n) is 4.61. The highest BCUT2D eigenvalue weighted by Gasteiger charge is 2.18. The molecule has 2 heterocycles. The lowest BCUT2D eigenvalue weighted by Crippen LogP contribution is -2.32. The minimum atomic E-state index is 0.131. The molecule has 2 rings (SSSR count). The predicted octanol–water partition coefficient (Wildman–Crippen LogP) is 1.24. The molecule has 2 atom stereocenters. The first-order valence-corrected chi connectivity index (χ1v) is 6.34. The fraction of sp³-hybridized carbons (Fsp3) is 0.917. The van der Waals surface area contributed by atoms with Crippen LogP contribution in [-0.4, -0.2) is 37.9 Å². The van der Waals surface area contributed by atoms with Crippen molar-refractivity contribution in [2.75, 3.05) is 19.8 Å². The minimum absolute atomic E-state index is 0.131. The van der Waals surface area contributed by atoms with Gasteiger partial charge in [0.2, 0.25) is 5.91 Å². The Kier molecular flexibility index (Phi) is 4.60. The number of rotatable bonds is 5. The van der Waals surface area contributed by atoms with Gasteiger partial charge in [0, 0.05) is 26.2 Å². The summed E-state index contributed by atoms with van der Waals surface area (Å²) in [4.78, 5) is 11.5. The largest absolute Gasteiger partial charge is 0.378 e. The lowest BCUT2D eigenvalue weighted by atomic mass is 10.1. The Balaban J connectivity index is 1.53. The maximum Gasteiger partial charge on any atom is 0.220 e. The summed E-state index contributed by atoms with van der Waals surface area (Å²) in [6.07, 6.45) is 6.44. The van der Waals surface area contributed by atoms with Gasteiger partial charge in [-0.05, 0) is 32.1 Å². The number of hydrogen-bond acceptors (Lipinski definition) is 3. The van der Waals surface area contributed by atoms with E-state index in [0.29, 0.717) is 19.1 Å². The van der Waals surface area contributed by atoms with Crippen molar-refractivity contribution in [1.82, 2.24) is 5.32 Å². The molecule has 0 saturated carbocycles. The first kappa shape index (κ1) is 11.9. The van der Waals surface area contributed by atoms with Gasteiger partial charge in [-0.1, -0.05) is 0 Å². The highest BCUT2D eigenvalue weighted by Crippen LogP contribution is 2.16. The van der Waals surface area contributed by atoms with Crippen LogP contribution in [0.3, 0.4) is 0 Å². The zero-order valence-electron chi connectivity index (χ0n) is 9.74. The van der Waals surface area contributed by atoms with E-state index in [9.17, 15) is 4.79 Å². The van der Waals surface area contributed by atoms with Crippen molar-refractivity contribution in [2.24, 2.45) is 0 Å². The molecule has 1 N–H and O–H groups in total. The topological polar surface area (TPSA) is 47.6 Å². The summed E-state index contributed by atoms with van der Waals surface area (Å²) in [7, 11) is 0. The Morgan fingerprint density at radius 1 is 1.12 bits per heavy atom. The Labute approximate surface area is 96.7 Å². The molecule has 1 amide bonds. The summed E-state index contributed by atoms with van der Waals surface area (Å²) in [5.41, 5.74) is 0. The third-order valence-electron chi connectivity index (χ3n) is 3.27. The number of carbonyl (C=O) groups is 1. The van der Waals surface area contributed by atoms with Gasteiger partial charge >= 0.3 is 0 Å². The summed E-state index contributed by atoms with van der Waals surface area (Å²) in [6, 6.07) is 0. The molecule has 2 aliphatic heterocycles. The van der Waals surface area contributed by atoms with Gasteiger partial charge in [0.1, 0.15) is 0 Å². The van der Waals surface area contributed by atoms with Gasteiger partial charge in [0.15, 0.2) is 0 Å². The van der Waals surface area contributed by atoms with Gasteiger partial charge in [-0.2, -0.15) is 0 Å². The lowest BCUT2D eigenvalue weighted by Gasteiger charge is -2.12. The zero-order chi connectivity index (χ0) is 11.2. The molecular formula is C12H21NO3. The Morgan fingerprint density at radius 3 is 2.44 bits per heavy atom. The average molecular weight is 227 g/mol. The van der Waals surface area contributed by atoms with Crippen LogP contribution in [0.25, 0.3) is 0 Å². The van der Waals surface area contributed by atoms with Crippen molar-refractivity contribution in [3.8, 4) is 0 Å². The smallest absolute Gasteiger partial charge is 0.220 e. The van der Waals surface area contributed by atoms with Crippen LogP contribution >= 0.6 is 0 Å². The second kappa shape index (κ2) is 6.21. The minimum Gasteiger partial charge on any atom is -0.378 e. The van der Waals surface area contributed by atoms with Crippen molar-refractivity contribution >= 4 is 5.91 Å². The first-order valence-electron chi connectivity index (χ1n) is 6.34. The summed E-state index contributed by atoms with van der Waals surface area (Å²) in [5, 5.41) is 2.93. The standard InChI is InChI=1S/C12H21NO3/c14-12(6-5-10-3-1-7-15-10)13-9-11-4-2-8-16-11/h10-11H,1-9H2,(H,13,14)/t10-,11+/m1/s1. The van der Waals surface area contributed by atoms with Gasteiger partial charge in [-0.15, -0.1) is 0 Å². The van der Waals surface area contributed by atoms with Crippen LogP contribution in [0.5, 0.6) is 0 Å². The highest BCUT2D eigenvalue weighted by molar-refractivity contribution is 5.75. The van der Waals surface area contributed by atoms with Gasteiger partial charge < -0.3 is 14.8 Å². The fourth-order valence-corrected chi connectivity index (χ4v) is 2.29. The Morgan fingerprint density at radius 2 is 1.81 bits per heavy atom. The quantitative estimate of drug-likeness (QED) is 0.768. The molecule has 0 aliphatic carbocycles. The molecule has 92 valence electrons. The van der Waals surface area contributed by atoms with E-state index in [1.165, 1.54) is 0 Å². The summed E-state index contributed by atoms with van der Waals surface area (Å²) in [6.45, 7) is 2.38. The van der Waals surface area contributed by atoms with Gasteiger partial charge in [0.25, 0.3) is 0 Å². The number of amides is 1. The monoisotopic (exact) mass is 227 g/mol. The number of nitrogens with one attached hydrogen (secondary N) is 1. The molecule has 0 spiro atoms. The predicted molar refractivity (Wildman–Crippen MR) is 60.2 cm³/mol. The maximum atomic E-state index is 11.5. The summed E-state index contributed by atoms with van der Waals surface area (Å²) < 4.78 is 10.9. The number of hydrogen-bond donors (Lipinski definition) is 1. The van der Waals surface area contributed by atoms with Crippen LogP contribution in [-0.2, 0) is 14.3 Å². The maximum absolute atomic E-state index is 11.5. The molecule has 16 heavy (non-hydrogen) atoms. The summed E-state index contributed by atoms with van der Waals surface area (Å²) >= 11 is 0. The average Bonchev–Trinajstić information content (AvgIpc) is 2.96. The summed E-state index contributed by atoms with van der Waals surface area (Å²) in [5.74, 6) is 0.131. The molecule has 4 nitrogen and oxygen atoms in total. The third-order valence-corrected chi connectivity index (χ3v) is 3.27. The van der Waals surface area contributed by atoms with Crippen molar-refractivity contribution in [1.29, 1.82) is 0 Å². The van der Waals surface area contributed by atoms with Crippen molar-refractivity contribution < 1.29 is 14.3 Å². The molecule has 2 aliphatic rings. The van der Waals surface area contributed by atoms with Gasteiger partial charge in [0.05, 0.1) is 12.2 Å². The number of ether oxygens (including phenoxy) is 2. The van der Waals surface area contributed by atoms with E-state index in [2.05, 4.69) is 5.32 Å². The van der Waals surface area contributed by atoms with Gasteiger partial charge in [-0.25, -0.2) is 0 Å². The lowest BCUT2D eigenvalue weighted by molar-refractivity contribution is -0.122. The van der Waals surface area contributed by atoms with E-state index < -0.39 is 0 Å². The molecule has 2 saturated heterocycles. The van der Waals surface area contributed by atoms with E-state index in [-0.39, 0.29) is 12.0 Å². The van der Waals surface area contributed by atoms with Gasteiger partial charge in [-0.3, -0.25) is 4.79 Å². The fourth-order valence-electron chi connectivity index (χ4n) is 2.29. The molecule has 0 unspecified atom stereocenters. The zero-order valence-corrected chi connectivity index (χ0v) is 9.74. The SMILES string of the molecule is O=C(CC[C@H]1CCCO1)NC[C@@H]1CCCO1. The highest BCUT2D eigenvalue weighted by atomic mass is 16.5. The van der Waals surface area contributed by atoms with E-state index >= 15 is 0 Å². The van der Waals surface area contributed by atoms with E-state index in [1.807, 2.05) is 0 Å². The van der Waals surface area contributed by atoms with Crippen LogP contribution in [0, 0.1) is 0 Å². The molecule has 0 aromatic carbocycles. The van der Waals surface area contributed by atoms with E-state index in [4.69, 9.17) is 9.47 Å². The normalized spacial score (nSPS) is 29.5. The molecule has 0 aromatic rings. The van der Waals surface area contributed by atoms with E-state index in [1.54, 1.807) is 0 Å². The van der Waals surface area contributed by atoms with Crippen molar-refractivity contribution in [3.63, 3.8) is 0 Å².